The molecule has 5 nitrogen and oxygen atoms in total. The Kier molecular flexibility index (Phi) is 4.57. The number of aliphatic hydroxyl groups is 1. The van der Waals surface area contributed by atoms with Crippen LogP contribution in [0.2, 0.25) is 0 Å². The Labute approximate surface area is 137 Å². The van der Waals surface area contributed by atoms with Crippen molar-refractivity contribution < 1.29 is 14.4 Å². The average Bonchev–Trinajstić information content (AvgIpc) is 3.30. The Balaban J connectivity index is 1.70. The van der Waals surface area contributed by atoms with Crippen LogP contribution in [0.4, 0.5) is 0 Å². The molecule has 1 saturated heterocycles. The van der Waals surface area contributed by atoms with Crippen LogP contribution >= 0.6 is 0 Å². The molecule has 0 unspecified atom stereocenters. The molecule has 0 bridgehead atoms. The number of nitrogens with zero attached hydrogens (tertiary/aromatic N) is 2. The van der Waals surface area contributed by atoms with E-state index in [4.69, 9.17) is 4.52 Å². The number of aliphatic hydroxyl groups excluding tert-OH is 1. The number of aromatic nitrogens is 1. The summed E-state index contributed by atoms with van der Waals surface area (Å²) in [4.78, 5) is 14.5. The lowest BCUT2D eigenvalue weighted by Gasteiger charge is -2.41. The summed E-state index contributed by atoms with van der Waals surface area (Å²) in [6, 6.07) is 1.80. The van der Waals surface area contributed by atoms with Gasteiger partial charge >= 0.3 is 0 Å². The molecule has 1 aromatic rings. The van der Waals surface area contributed by atoms with Crippen LogP contribution in [0.5, 0.6) is 0 Å². The maximum absolute atomic E-state index is 12.7. The minimum atomic E-state index is -0.232. The van der Waals surface area contributed by atoms with Gasteiger partial charge in [0.1, 0.15) is 0 Å². The lowest BCUT2D eigenvalue weighted by molar-refractivity contribution is 0.0259. The number of rotatable bonds is 5. The minimum absolute atomic E-state index is 0.0980. The van der Waals surface area contributed by atoms with E-state index in [0.717, 1.165) is 44.3 Å². The first-order valence-corrected chi connectivity index (χ1v) is 8.53. The molecule has 23 heavy (non-hydrogen) atoms. The Morgan fingerprint density at radius 1 is 1.52 bits per heavy atom. The molecule has 2 heterocycles. The summed E-state index contributed by atoms with van der Waals surface area (Å²) in [5, 5.41) is 13.9. The normalized spacial score (nSPS) is 24.6. The van der Waals surface area contributed by atoms with Crippen LogP contribution in [0.1, 0.15) is 68.1 Å². The van der Waals surface area contributed by atoms with E-state index in [-0.39, 0.29) is 17.9 Å². The van der Waals surface area contributed by atoms with Gasteiger partial charge in [0.2, 0.25) is 5.76 Å². The van der Waals surface area contributed by atoms with Gasteiger partial charge in [0.05, 0.1) is 12.3 Å². The lowest BCUT2D eigenvalue weighted by atomic mass is 9.77. The van der Waals surface area contributed by atoms with E-state index >= 15 is 0 Å². The fourth-order valence-electron chi connectivity index (χ4n) is 3.28. The molecule has 1 aliphatic carbocycles. The van der Waals surface area contributed by atoms with Crippen LogP contribution in [-0.2, 0) is 0 Å². The van der Waals surface area contributed by atoms with Crippen LogP contribution in [0.3, 0.4) is 0 Å². The number of piperidine rings is 1. The first-order chi connectivity index (χ1) is 11.0. The van der Waals surface area contributed by atoms with Crippen LogP contribution < -0.4 is 0 Å². The van der Waals surface area contributed by atoms with Crippen LogP contribution in [0.25, 0.3) is 0 Å². The Bertz CT molecular complexity index is 599. The van der Waals surface area contributed by atoms with E-state index < -0.39 is 0 Å². The smallest absolute Gasteiger partial charge is 0.292 e. The summed E-state index contributed by atoms with van der Waals surface area (Å²) in [7, 11) is 0. The van der Waals surface area contributed by atoms with Gasteiger partial charge in [-0.3, -0.25) is 4.79 Å². The van der Waals surface area contributed by atoms with E-state index in [1.165, 1.54) is 5.57 Å². The molecule has 1 atom stereocenters. The molecule has 1 saturated carbocycles. The van der Waals surface area contributed by atoms with Crippen molar-refractivity contribution in [1.29, 1.82) is 0 Å². The van der Waals surface area contributed by atoms with Gasteiger partial charge in [0, 0.05) is 30.5 Å². The molecule has 0 aromatic carbocycles. The zero-order chi connectivity index (χ0) is 16.4. The molecule has 3 rings (SSSR count). The van der Waals surface area contributed by atoms with E-state index in [9.17, 15) is 9.90 Å². The number of allylic oxidation sites excluding steroid dienone is 2. The zero-order valence-electron chi connectivity index (χ0n) is 14.0. The molecule has 0 radical (unpaired) electrons. The second-order valence-electron chi connectivity index (χ2n) is 7.36. The molecule has 1 aromatic heterocycles. The number of likely N-dealkylation sites (tertiary alicyclic amines) is 1. The predicted octanol–water partition coefficient (Wildman–Crippen LogP) is 3.12. The fourth-order valence-corrected chi connectivity index (χ4v) is 3.28. The summed E-state index contributed by atoms with van der Waals surface area (Å²) in [5.74, 6) is 0.720. The highest BCUT2D eigenvalue weighted by Crippen LogP contribution is 2.40. The number of carbonyl (C=O) groups is 1. The fraction of sp³-hybridized carbons (Fsp3) is 0.667. The topological polar surface area (TPSA) is 66.6 Å². The van der Waals surface area contributed by atoms with Crippen molar-refractivity contribution in [3.63, 3.8) is 0 Å². The second kappa shape index (κ2) is 6.48. The first kappa shape index (κ1) is 16.2. The van der Waals surface area contributed by atoms with Crippen LogP contribution in [0, 0.1) is 5.41 Å². The second-order valence-corrected chi connectivity index (χ2v) is 7.36. The third kappa shape index (κ3) is 3.66. The molecule has 126 valence electrons. The molecule has 2 aliphatic rings. The minimum Gasteiger partial charge on any atom is -0.396 e. The monoisotopic (exact) mass is 318 g/mol. The van der Waals surface area contributed by atoms with Gasteiger partial charge in [-0.1, -0.05) is 16.8 Å². The van der Waals surface area contributed by atoms with Crippen LogP contribution in [-0.4, -0.2) is 40.8 Å². The summed E-state index contributed by atoms with van der Waals surface area (Å²) in [6.45, 7) is 5.51. The van der Waals surface area contributed by atoms with Gasteiger partial charge < -0.3 is 14.5 Å². The SMILES string of the molecule is CC(C)=CC[C@@]1(CO)CCCN(C(=O)c2cc(C3CC3)no2)C1. The van der Waals surface area contributed by atoms with E-state index in [1.54, 1.807) is 6.07 Å². The van der Waals surface area contributed by atoms with E-state index in [0.29, 0.717) is 18.2 Å². The Morgan fingerprint density at radius 3 is 2.96 bits per heavy atom. The molecule has 1 amide bonds. The highest BCUT2D eigenvalue weighted by atomic mass is 16.5. The Morgan fingerprint density at radius 2 is 2.30 bits per heavy atom. The summed E-state index contributed by atoms with van der Waals surface area (Å²) < 4.78 is 5.27. The van der Waals surface area contributed by atoms with Crippen molar-refractivity contribution in [2.45, 2.75) is 51.9 Å². The van der Waals surface area contributed by atoms with Crippen molar-refractivity contribution in [3.05, 3.63) is 29.2 Å². The highest BCUT2D eigenvalue weighted by Gasteiger charge is 2.37. The molecule has 0 spiro atoms. The summed E-state index contributed by atoms with van der Waals surface area (Å²) in [5.41, 5.74) is 1.92. The quantitative estimate of drug-likeness (QED) is 0.847. The van der Waals surface area contributed by atoms with Gasteiger partial charge in [0.25, 0.3) is 5.91 Å². The number of hydrogen-bond donors (Lipinski definition) is 1. The first-order valence-electron chi connectivity index (χ1n) is 8.53. The number of carbonyl (C=O) groups excluding carboxylic acids is 1. The molecule has 5 heteroatoms. The summed E-state index contributed by atoms with van der Waals surface area (Å²) in [6.07, 6.45) is 7.09. The average molecular weight is 318 g/mol. The number of amides is 1. The van der Waals surface area contributed by atoms with Crippen LogP contribution in [0.15, 0.2) is 22.2 Å². The van der Waals surface area contributed by atoms with Crippen molar-refractivity contribution in [3.8, 4) is 0 Å². The van der Waals surface area contributed by atoms with Crippen molar-refractivity contribution >= 4 is 5.91 Å². The summed E-state index contributed by atoms with van der Waals surface area (Å²) >= 11 is 0. The third-order valence-electron chi connectivity index (χ3n) is 4.96. The highest BCUT2D eigenvalue weighted by molar-refractivity contribution is 5.91. The molecular weight excluding hydrogens is 292 g/mol. The van der Waals surface area contributed by atoms with Crippen molar-refractivity contribution in [2.24, 2.45) is 5.41 Å². The molecule has 1 N–H and O–H groups in total. The lowest BCUT2D eigenvalue weighted by Crippen LogP contribution is -2.47. The zero-order valence-corrected chi connectivity index (χ0v) is 14.0. The third-order valence-corrected chi connectivity index (χ3v) is 4.96. The maximum Gasteiger partial charge on any atom is 0.292 e. The van der Waals surface area contributed by atoms with Gasteiger partial charge in [-0.15, -0.1) is 0 Å². The van der Waals surface area contributed by atoms with Gasteiger partial charge in [-0.2, -0.15) is 0 Å². The van der Waals surface area contributed by atoms with Crippen molar-refractivity contribution in [1.82, 2.24) is 10.1 Å². The molecular formula is C18H26N2O3. The molecule has 2 fully saturated rings. The van der Waals surface area contributed by atoms with Gasteiger partial charge in [0.15, 0.2) is 0 Å². The van der Waals surface area contributed by atoms with Gasteiger partial charge in [-0.05, 0) is 46.0 Å². The Hall–Kier alpha value is -1.62. The molecule has 1 aliphatic heterocycles. The number of hydrogen-bond acceptors (Lipinski definition) is 4. The van der Waals surface area contributed by atoms with E-state index in [2.05, 4.69) is 25.1 Å². The maximum atomic E-state index is 12.7. The van der Waals surface area contributed by atoms with Gasteiger partial charge in [-0.25, -0.2) is 0 Å². The van der Waals surface area contributed by atoms with E-state index in [1.807, 2.05) is 4.90 Å². The largest absolute Gasteiger partial charge is 0.396 e. The standard InChI is InChI=1S/C18H26N2O3/c1-13(2)6-8-18(12-21)7-3-9-20(11-18)17(22)16-10-15(19-23-16)14-4-5-14/h6,10,14,21H,3-5,7-9,11-12H2,1-2H3/t18-/m0/s1. The van der Waals surface area contributed by atoms with Crippen molar-refractivity contribution in [2.75, 3.05) is 19.7 Å². The predicted molar refractivity (Wildman–Crippen MR) is 87.2 cm³/mol.